The van der Waals surface area contributed by atoms with Crippen LogP contribution in [0.25, 0.3) is 0 Å². The van der Waals surface area contributed by atoms with Gasteiger partial charge in [-0.3, -0.25) is 0 Å². The summed E-state index contributed by atoms with van der Waals surface area (Å²) in [5, 5.41) is 22.6. The monoisotopic (exact) mass is 678 g/mol. The number of quaternary nitrogens is 3. The highest BCUT2D eigenvalue weighted by Gasteiger charge is 2.33. The summed E-state index contributed by atoms with van der Waals surface area (Å²) in [4.78, 5) is 0. The first-order valence-corrected chi connectivity index (χ1v) is 17.7. The molecular weight excluding hydrogens is 601 g/mol. The Morgan fingerprint density at radius 1 is 0.372 bits per heavy atom. The quantitative estimate of drug-likeness (QED) is 0.0740. The van der Waals surface area contributed by atoms with Gasteiger partial charge in [0.05, 0.1) is 54.9 Å². The molecule has 0 spiro atoms. The maximum atomic E-state index is 11.3. The SMILES string of the molecule is CCCCCCCC[N+](C)(C)CC(O)C[N+](C)(CCCCCCCC)CC(O)C[N+](C)(C)CCCCCCCC.[Cl-].[Cl-].[Cl-]. The summed E-state index contributed by atoms with van der Waals surface area (Å²) in [7, 11) is 11.4. The fourth-order valence-electron chi connectivity index (χ4n) is 6.63. The molecule has 0 radical (unpaired) electrons. The van der Waals surface area contributed by atoms with Crippen molar-refractivity contribution in [1.29, 1.82) is 0 Å². The Kier molecular flexibility index (Phi) is 35.3. The topological polar surface area (TPSA) is 40.5 Å². The van der Waals surface area contributed by atoms with E-state index in [9.17, 15) is 10.2 Å². The van der Waals surface area contributed by atoms with Gasteiger partial charge in [-0.2, -0.15) is 0 Å². The third-order valence-corrected chi connectivity index (χ3v) is 9.00. The van der Waals surface area contributed by atoms with Crippen molar-refractivity contribution in [2.24, 2.45) is 0 Å². The number of hydrogen-bond acceptors (Lipinski definition) is 2. The van der Waals surface area contributed by atoms with E-state index in [1.54, 1.807) is 0 Å². The predicted octanol–water partition coefficient (Wildman–Crippen LogP) is -1.60. The molecule has 0 aromatic carbocycles. The fourth-order valence-corrected chi connectivity index (χ4v) is 6.63. The first-order valence-electron chi connectivity index (χ1n) is 17.7. The van der Waals surface area contributed by atoms with E-state index < -0.39 is 0 Å². The molecule has 0 aromatic rings. The highest BCUT2D eigenvalue weighted by Crippen LogP contribution is 2.17. The average Bonchev–Trinajstić information content (AvgIpc) is 2.84. The lowest BCUT2D eigenvalue weighted by molar-refractivity contribution is -0.935. The van der Waals surface area contributed by atoms with Crippen molar-refractivity contribution in [2.45, 2.75) is 149 Å². The van der Waals surface area contributed by atoms with Gasteiger partial charge in [-0.1, -0.05) is 97.8 Å². The molecule has 5 nitrogen and oxygen atoms in total. The Labute approximate surface area is 289 Å². The molecule has 43 heavy (non-hydrogen) atoms. The second-order valence-electron chi connectivity index (χ2n) is 15.0. The molecule has 0 aliphatic rings. The molecule has 0 aliphatic carbocycles. The molecule has 0 amide bonds. The van der Waals surface area contributed by atoms with Crippen molar-refractivity contribution in [3.05, 3.63) is 0 Å². The summed E-state index contributed by atoms with van der Waals surface area (Å²) in [6.07, 6.45) is 22.9. The average molecular weight is 679 g/mol. The fraction of sp³-hybridized carbons (Fsp3) is 1.00. The molecule has 0 aromatic heterocycles. The lowest BCUT2D eigenvalue weighted by Crippen LogP contribution is -3.00. The molecule has 0 saturated heterocycles. The van der Waals surface area contributed by atoms with Gasteiger partial charge in [-0.25, -0.2) is 0 Å². The zero-order valence-corrected chi connectivity index (χ0v) is 32.5. The molecule has 2 atom stereocenters. The number of hydrogen-bond donors (Lipinski definition) is 2. The van der Waals surface area contributed by atoms with Crippen molar-refractivity contribution in [3.63, 3.8) is 0 Å². The molecule has 8 heteroatoms. The van der Waals surface area contributed by atoms with E-state index in [0.29, 0.717) is 0 Å². The van der Waals surface area contributed by atoms with Crippen LogP contribution in [0.15, 0.2) is 0 Å². The van der Waals surface area contributed by atoms with E-state index in [4.69, 9.17) is 0 Å². The van der Waals surface area contributed by atoms with Gasteiger partial charge in [0.15, 0.2) is 12.2 Å². The van der Waals surface area contributed by atoms with Gasteiger partial charge in [-0.05, 0) is 38.5 Å². The summed E-state index contributed by atoms with van der Waals surface area (Å²) in [6, 6.07) is 0. The van der Waals surface area contributed by atoms with Crippen LogP contribution in [0.5, 0.6) is 0 Å². The Bertz CT molecular complexity index is 545. The Morgan fingerprint density at radius 3 is 0.930 bits per heavy atom. The highest BCUT2D eigenvalue weighted by atomic mass is 35.5. The third kappa shape index (κ3) is 31.1. The van der Waals surface area contributed by atoms with Crippen LogP contribution in [-0.2, 0) is 0 Å². The Morgan fingerprint density at radius 2 is 0.628 bits per heavy atom. The summed E-state index contributed by atoms with van der Waals surface area (Å²) >= 11 is 0. The largest absolute Gasteiger partial charge is 1.00 e. The highest BCUT2D eigenvalue weighted by molar-refractivity contribution is 4.61. The first kappa shape index (κ1) is 50.5. The second-order valence-corrected chi connectivity index (χ2v) is 15.0. The van der Waals surface area contributed by atoms with Crippen LogP contribution in [-0.4, -0.2) is 117 Å². The minimum absolute atomic E-state index is 0. The van der Waals surface area contributed by atoms with Gasteiger partial charge in [0.1, 0.15) is 26.2 Å². The zero-order valence-electron chi connectivity index (χ0n) is 30.2. The molecule has 266 valence electrons. The van der Waals surface area contributed by atoms with Gasteiger partial charge in [0, 0.05) is 0 Å². The van der Waals surface area contributed by atoms with E-state index in [2.05, 4.69) is 56.0 Å². The van der Waals surface area contributed by atoms with Crippen molar-refractivity contribution >= 4 is 0 Å². The van der Waals surface area contributed by atoms with Gasteiger partial charge in [0.2, 0.25) is 0 Å². The van der Waals surface area contributed by atoms with E-state index in [1.807, 2.05) is 0 Å². The van der Waals surface area contributed by atoms with Crippen LogP contribution >= 0.6 is 0 Å². The maximum Gasteiger partial charge on any atom is 0.152 e. The Balaban J connectivity index is -0.00000253. The second kappa shape index (κ2) is 30.0. The number of nitrogens with zero attached hydrogens (tertiary/aromatic N) is 3. The van der Waals surface area contributed by atoms with Crippen LogP contribution in [0.2, 0.25) is 0 Å². The molecular formula is C35H78Cl3N3O2. The van der Waals surface area contributed by atoms with Gasteiger partial charge in [0.25, 0.3) is 0 Å². The number of likely N-dealkylation sites (N-methyl/N-ethyl adjacent to an activating group) is 3. The van der Waals surface area contributed by atoms with Crippen LogP contribution < -0.4 is 37.2 Å². The number of unbranched alkanes of at least 4 members (excludes halogenated alkanes) is 15. The maximum absolute atomic E-state index is 11.3. The minimum Gasteiger partial charge on any atom is -1.00 e. The molecule has 0 bridgehead atoms. The summed E-state index contributed by atoms with van der Waals surface area (Å²) < 4.78 is 2.55. The Hall–Kier alpha value is 0.670. The van der Waals surface area contributed by atoms with Crippen molar-refractivity contribution in [2.75, 3.05) is 81.1 Å². The minimum atomic E-state index is -0.335. The first-order chi connectivity index (χ1) is 18.9. The van der Waals surface area contributed by atoms with E-state index in [1.165, 1.54) is 116 Å². The third-order valence-electron chi connectivity index (χ3n) is 9.00. The van der Waals surface area contributed by atoms with Crippen LogP contribution in [0.1, 0.15) is 136 Å². The van der Waals surface area contributed by atoms with Gasteiger partial charge in [-0.15, -0.1) is 0 Å². The van der Waals surface area contributed by atoms with Crippen LogP contribution in [0.3, 0.4) is 0 Å². The summed E-state index contributed by atoms with van der Waals surface area (Å²) in [6.45, 7) is 13.2. The molecule has 0 saturated carbocycles. The lowest BCUT2D eigenvalue weighted by atomic mass is 10.1. The molecule has 0 rings (SSSR count). The normalized spacial score (nSPS) is 14.7. The summed E-state index contributed by atoms with van der Waals surface area (Å²) in [5.74, 6) is 0. The lowest BCUT2D eigenvalue weighted by Gasteiger charge is -2.41. The number of aliphatic hydroxyl groups is 2. The number of rotatable bonds is 29. The number of aliphatic hydroxyl groups excluding tert-OH is 2. The van der Waals surface area contributed by atoms with Crippen molar-refractivity contribution in [1.82, 2.24) is 0 Å². The molecule has 0 heterocycles. The van der Waals surface area contributed by atoms with Crippen LogP contribution in [0, 0.1) is 0 Å². The van der Waals surface area contributed by atoms with E-state index >= 15 is 0 Å². The van der Waals surface area contributed by atoms with Crippen LogP contribution in [0.4, 0.5) is 0 Å². The van der Waals surface area contributed by atoms with Gasteiger partial charge < -0.3 is 60.9 Å². The standard InChI is InChI=1S/C35H78N3O2.3ClH/c1-9-12-15-18-21-24-27-36(4,5)30-34(39)32-38(8,29-26-23-20-17-14-11-3)33-35(40)31-37(6,7)28-25-22-19-16-13-10-2;;;/h34-35,39-40H,9-33H2,1-8H3;3*1H/q+3;;;/p-3. The smallest absolute Gasteiger partial charge is 0.152 e. The number of halogens is 3. The van der Waals surface area contributed by atoms with Crippen molar-refractivity contribution < 1.29 is 60.9 Å². The summed E-state index contributed by atoms with van der Waals surface area (Å²) in [5.41, 5.74) is 0. The van der Waals surface area contributed by atoms with E-state index in [0.717, 1.165) is 59.3 Å². The molecule has 0 aliphatic heterocycles. The van der Waals surface area contributed by atoms with Gasteiger partial charge >= 0.3 is 0 Å². The molecule has 2 N–H and O–H groups in total. The molecule has 0 fully saturated rings. The zero-order chi connectivity index (χ0) is 30.3. The van der Waals surface area contributed by atoms with E-state index in [-0.39, 0.29) is 49.4 Å². The predicted molar refractivity (Wildman–Crippen MR) is 177 cm³/mol. The van der Waals surface area contributed by atoms with Crippen molar-refractivity contribution in [3.8, 4) is 0 Å². The molecule has 2 unspecified atom stereocenters.